The Morgan fingerprint density at radius 1 is 1.24 bits per heavy atom. The van der Waals surface area contributed by atoms with Crippen LogP contribution >= 0.6 is 12.2 Å². The van der Waals surface area contributed by atoms with E-state index in [1.54, 1.807) is 24.3 Å². The van der Waals surface area contributed by atoms with E-state index in [0.717, 1.165) is 25.0 Å². The van der Waals surface area contributed by atoms with Gasteiger partial charge in [-0.25, -0.2) is 0 Å². The summed E-state index contributed by atoms with van der Waals surface area (Å²) in [5.41, 5.74) is 0.479. The van der Waals surface area contributed by atoms with Crippen LogP contribution in [0.5, 0.6) is 5.75 Å². The highest BCUT2D eigenvalue weighted by molar-refractivity contribution is 7.80. The van der Waals surface area contributed by atoms with Gasteiger partial charge in [0.1, 0.15) is 5.75 Å². The monoisotopic (exact) mass is 362 g/mol. The van der Waals surface area contributed by atoms with Crippen molar-refractivity contribution in [2.24, 2.45) is 0 Å². The Morgan fingerprint density at radius 3 is 2.68 bits per heavy atom. The molecule has 0 bridgehead atoms. The molecule has 0 fully saturated rings. The lowest BCUT2D eigenvalue weighted by Crippen LogP contribution is -2.34. The first-order valence-electron chi connectivity index (χ1n) is 8.25. The number of benzene rings is 1. The maximum Gasteiger partial charge on any atom is 0.269 e. The molecule has 134 valence electrons. The van der Waals surface area contributed by atoms with Gasteiger partial charge in [-0.3, -0.25) is 15.4 Å². The summed E-state index contributed by atoms with van der Waals surface area (Å²) in [7, 11) is 0. The average Bonchev–Trinajstić information content (AvgIpc) is 3.05. The van der Waals surface area contributed by atoms with Gasteiger partial charge in [-0.2, -0.15) is 4.80 Å². The van der Waals surface area contributed by atoms with Crippen LogP contribution in [-0.4, -0.2) is 37.8 Å². The van der Waals surface area contributed by atoms with Gasteiger partial charge in [-0.05, 0) is 54.5 Å². The van der Waals surface area contributed by atoms with Gasteiger partial charge in [0, 0.05) is 5.56 Å². The fourth-order valence-corrected chi connectivity index (χ4v) is 2.10. The molecule has 1 amide bonds. The molecule has 0 aliphatic carbocycles. The van der Waals surface area contributed by atoms with Gasteiger partial charge >= 0.3 is 0 Å². The molecule has 9 heteroatoms. The van der Waals surface area contributed by atoms with Crippen LogP contribution in [0.3, 0.4) is 0 Å². The minimum atomic E-state index is -0.321. The third-order valence-corrected chi connectivity index (χ3v) is 3.41. The van der Waals surface area contributed by atoms with Gasteiger partial charge in [-0.1, -0.05) is 25.4 Å². The van der Waals surface area contributed by atoms with Crippen LogP contribution in [0.4, 0.5) is 5.95 Å². The summed E-state index contributed by atoms with van der Waals surface area (Å²) in [5, 5.41) is 17.3. The highest BCUT2D eigenvalue weighted by Crippen LogP contribution is 2.12. The molecule has 2 rings (SSSR count). The lowest BCUT2D eigenvalue weighted by Gasteiger charge is -2.08. The van der Waals surface area contributed by atoms with Gasteiger partial charge in [0.05, 0.1) is 13.2 Å². The minimum Gasteiger partial charge on any atom is -0.494 e. The van der Waals surface area contributed by atoms with Gasteiger partial charge in [0.25, 0.3) is 11.9 Å². The van der Waals surface area contributed by atoms with E-state index in [9.17, 15) is 4.79 Å². The molecule has 0 aliphatic heterocycles. The number of tetrazole rings is 1. The molecule has 0 radical (unpaired) electrons. The summed E-state index contributed by atoms with van der Waals surface area (Å²) in [5.74, 6) is 0.662. The van der Waals surface area contributed by atoms with E-state index in [0.29, 0.717) is 18.7 Å². The zero-order valence-corrected chi connectivity index (χ0v) is 15.2. The topological polar surface area (TPSA) is 94.0 Å². The fourth-order valence-electron chi connectivity index (χ4n) is 1.92. The fraction of sp³-hybridized carbons (Fsp3) is 0.438. The molecule has 1 aromatic carbocycles. The van der Waals surface area contributed by atoms with E-state index < -0.39 is 0 Å². The van der Waals surface area contributed by atoms with Crippen molar-refractivity contribution in [3.8, 4) is 5.75 Å². The molecule has 0 aliphatic rings. The molecule has 0 unspecified atom stereocenters. The van der Waals surface area contributed by atoms with Crippen LogP contribution in [0, 0.1) is 0 Å². The first kappa shape index (κ1) is 18.8. The molecule has 1 aromatic heterocycles. The maximum absolute atomic E-state index is 12.2. The zero-order valence-electron chi connectivity index (χ0n) is 14.4. The third kappa shape index (κ3) is 6.11. The lowest BCUT2D eigenvalue weighted by atomic mass is 10.2. The number of unbranched alkanes of at least 4 members (excludes halogenated alkanes) is 1. The molecule has 2 aromatic rings. The predicted molar refractivity (Wildman–Crippen MR) is 98.6 cm³/mol. The van der Waals surface area contributed by atoms with Crippen molar-refractivity contribution in [3.63, 3.8) is 0 Å². The summed E-state index contributed by atoms with van der Waals surface area (Å²) < 4.78 is 5.48. The van der Waals surface area contributed by atoms with E-state index in [1.165, 1.54) is 4.80 Å². The van der Waals surface area contributed by atoms with Crippen molar-refractivity contribution in [2.45, 2.75) is 39.7 Å². The van der Waals surface area contributed by atoms with Crippen LogP contribution in [0.15, 0.2) is 24.3 Å². The van der Waals surface area contributed by atoms with Crippen molar-refractivity contribution in [3.05, 3.63) is 29.8 Å². The number of aromatic nitrogens is 4. The van der Waals surface area contributed by atoms with Gasteiger partial charge < -0.3 is 4.74 Å². The first-order chi connectivity index (χ1) is 12.1. The smallest absolute Gasteiger partial charge is 0.269 e. The number of carbonyl (C=O) groups excluding carboxylic acids is 1. The Kier molecular flexibility index (Phi) is 7.27. The number of ether oxygens (including phenoxy) is 1. The van der Waals surface area contributed by atoms with E-state index in [1.807, 2.05) is 6.92 Å². The van der Waals surface area contributed by atoms with Crippen LogP contribution in [0.2, 0.25) is 0 Å². The molecular formula is C16H22N6O2S. The van der Waals surface area contributed by atoms with Crippen molar-refractivity contribution in [1.29, 1.82) is 0 Å². The molecule has 0 saturated heterocycles. The van der Waals surface area contributed by atoms with Gasteiger partial charge in [0.15, 0.2) is 5.11 Å². The number of carbonyl (C=O) groups is 1. The Bertz CT molecular complexity index is 701. The molecule has 8 nitrogen and oxygen atoms in total. The van der Waals surface area contributed by atoms with E-state index in [2.05, 4.69) is 33.0 Å². The second kappa shape index (κ2) is 9.67. The average molecular weight is 362 g/mol. The predicted octanol–water partition coefficient (Wildman–Crippen LogP) is 2.39. The van der Waals surface area contributed by atoms with Crippen LogP contribution in [0.25, 0.3) is 0 Å². The maximum atomic E-state index is 12.2. The number of nitrogens with one attached hydrogen (secondary N) is 2. The van der Waals surface area contributed by atoms with Crippen molar-refractivity contribution in [1.82, 2.24) is 25.5 Å². The molecule has 0 spiro atoms. The summed E-state index contributed by atoms with van der Waals surface area (Å²) in [6.07, 6.45) is 2.94. The third-order valence-electron chi connectivity index (χ3n) is 3.21. The Balaban J connectivity index is 1.85. The number of amides is 1. The Hall–Kier alpha value is -2.55. The standard InChI is InChI=1S/C16H22N6O2S/c1-3-5-10-22-20-15(19-21-22)18-16(25)17-14(23)12-6-8-13(9-7-12)24-11-4-2/h6-9H,3-5,10-11H2,1-2H3,(H2,17,18,20,23,25). The van der Waals surface area contributed by atoms with Crippen LogP contribution < -0.4 is 15.4 Å². The SMILES string of the molecule is CCCCn1nnc(NC(=S)NC(=O)c2ccc(OCCC)cc2)n1. The summed E-state index contributed by atoms with van der Waals surface area (Å²) in [6.45, 7) is 5.46. The van der Waals surface area contributed by atoms with Crippen molar-refractivity contribution in [2.75, 3.05) is 11.9 Å². The normalized spacial score (nSPS) is 10.3. The molecule has 0 atom stereocenters. The van der Waals surface area contributed by atoms with Gasteiger partial charge in [0.2, 0.25) is 0 Å². The van der Waals surface area contributed by atoms with E-state index >= 15 is 0 Å². The quantitative estimate of drug-likeness (QED) is 0.696. The largest absolute Gasteiger partial charge is 0.494 e. The number of nitrogens with zero attached hydrogens (tertiary/aromatic N) is 4. The number of hydrogen-bond acceptors (Lipinski definition) is 6. The first-order valence-corrected chi connectivity index (χ1v) is 8.66. The summed E-state index contributed by atoms with van der Waals surface area (Å²) >= 11 is 5.11. The molecule has 0 saturated carbocycles. The van der Waals surface area contributed by atoms with Crippen molar-refractivity contribution >= 4 is 29.2 Å². The molecule has 1 heterocycles. The molecular weight excluding hydrogens is 340 g/mol. The van der Waals surface area contributed by atoms with E-state index in [4.69, 9.17) is 17.0 Å². The number of aryl methyl sites for hydroxylation is 1. The number of hydrogen-bond donors (Lipinski definition) is 2. The Morgan fingerprint density at radius 2 is 2.00 bits per heavy atom. The minimum absolute atomic E-state index is 0.117. The second-order valence-corrected chi connectivity index (χ2v) is 5.75. The number of anilines is 1. The van der Waals surface area contributed by atoms with Crippen LogP contribution in [0.1, 0.15) is 43.5 Å². The van der Waals surface area contributed by atoms with Crippen LogP contribution in [-0.2, 0) is 6.54 Å². The highest BCUT2D eigenvalue weighted by atomic mass is 32.1. The second-order valence-electron chi connectivity index (χ2n) is 5.34. The molecule has 2 N–H and O–H groups in total. The van der Waals surface area contributed by atoms with Gasteiger partial charge in [-0.15, -0.1) is 5.10 Å². The lowest BCUT2D eigenvalue weighted by molar-refractivity contribution is 0.0977. The number of thiocarbonyl (C=S) groups is 1. The highest BCUT2D eigenvalue weighted by Gasteiger charge is 2.10. The number of rotatable bonds is 8. The summed E-state index contributed by atoms with van der Waals surface area (Å²) in [4.78, 5) is 13.7. The van der Waals surface area contributed by atoms with E-state index in [-0.39, 0.29) is 17.0 Å². The Labute approximate surface area is 151 Å². The zero-order chi connectivity index (χ0) is 18.1. The van der Waals surface area contributed by atoms with Crippen molar-refractivity contribution < 1.29 is 9.53 Å². The summed E-state index contributed by atoms with van der Waals surface area (Å²) in [6, 6.07) is 6.87. The molecule has 25 heavy (non-hydrogen) atoms.